The highest BCUT2D eigenvalue weighted by atomic mass is 32.2. The number of amides is 1. The third-order valence-electron chi connectivity index (χ3n) is 3.08. The predicted octanol–water partition coefficient (Wildman–Crippen LogP) is 2.41. The fourth-order valence-corrected chi connectivity index (χ4v) is 4.11. The van der Waals surface area contributed by atoms with Gasteiger partial charge in [0.2, 0.25) is 11.0 Å². The van der Waals surface area contributed by atoms with E-state index in [1.165, 1.54) is 7.05 Å². The average Bonchev–Trinajstić information content (AvgIpc) is 2.95. The molecule has 0 spiro atoms. The van der Waals surface area contributed by atoms with Crippen molar-refractivity contribution in [2.75, 3.05) is 16.7 Å². The summed E-state index contributed by atoms with van der Waals surface area (Å²) in [4.78, 5) is 11.5. The molecule has 0 fully saturated rings. The van der Waals surface area contributed by atoms with Gasteiger partial charge in [-0.2, -0.15) is 8.42 Å². The summed E-state index contributed by atoms with van der Waals surface area (Å²) in [7, 11) is -2.35. The molecule has 0 bridgehead atoms. The summed E-state index contributed by atoms with van der Waals surface area (Å²) in [6, 6.07) is 7.14. The van der Waals surface area contributed by atoms with Crippen LogP contribution in [0.2, 0.25) is 0 Å². The monoisotopic (exact) mass is 354 g/mol. The first-order chi connectivity index (χ1) is 10.8. The van der Waals surface area contributed by atoms with Crippen molar-refractivity contribution >= 4 is 38.1 Å². The van der Waals surface area contributed by atoms with Crippen LogP contribution in [-0.4, -0.2) is 31.6 Å². The highest BCUT2D eigenvalue weighted by molar-refractivity contribution is 7.94. The lowest BCUT2D eigenvalue weighted by atomic mass is 10.2. The van der Waals surface area contributed by atoms with Gasteiger partial charge in [0.05, 0.1) is 5.69 Å². The first kappa shape index (κ1) is 17.4. The van der Waals surface area contributed by atoms with Crippen LogP contribution < -0.4 is 9.62 Å². The molecule has 0 atom stereocenters. The van der Waals surface area contributed by atoms with E-state index in [4.69, 9.17) is 0 Å². The average molecular weight is 354 g/mol. The highest BCUT2D eigenvalue weighted by Crippen LogP contribution is 2.26. The van der Waals surface area contributed by atoms with Crippen LogP contribution in [0.25, 0.3) is 0 Å². The zero-order valence-corrected chi connectivity index (χ0v) is 14.7. The SMILES string of the molecule is CCCC(=O)Nc1nnc(S(=O)(=O)N(C)c2cccc(C)c2)s1. The second-order valence-corrected chi connectivity index (χ2v) is 8.10. The second kappa shape index (κ2) is 7.05. The molecule has 0 aliphatic carbocycles. The van der Waals surface area contributed by atoms with Crippen LogP contribution in [0, 0.1) is 6.92 Å². The maximum absolute atomic E-state index is 12.6. The molecule has 9 heteroatoms. The van der Waals surface area contributed by atoms with Crippen LogP contribution in [0.1, 0.15) is 25.3 Å². The molecule has 1 aromatic heterocycles. The Labute approximate surface area is 139 Å². The van der Waals surface area contributed by atoms with Crippen LogP contribution in [0.5, 0.6) is 0 Å². The quantitative estimate of drug-likeness (QED) is 0.804. The number of hydrogen-bond donors (Lipinski definition) is 1. The molecule has 1 amide bonds. The number of aryl methyl sites for hydroxylation is 1. The Morgan fingerprint density at radius 1 is 1.35 bits per heavy atom. The summed E-state index contributed by atoms with van der Waals surface area (Å²) >= 11 is 0.837. The maximum atomic E-state index is 12.6. The highest BCUT2D eigenvalue weighted by Gasteiger charge is 2.26. The molecule has 7 nitrogen and oxygen atoms in total. The molecule has 0 aliphatic heterocycles. The lowest BCUT2D eigenvalue weighted by Crippen LogP contribution is -2.26. The topological polar surface area (TPSA) is 92.3 Å². The lowest BCUT2D eigenvalue weighted by Gasteiger charge is -2.17. The molecule has 1 aromatic carbocycles. The van der Waals surface area contributed by atoms with E-state index in [2.05, 4.69) is 15.5 Å². The van der Waals surface area contributed by atoms with Crippen LogP contribution in [-0.2, 0) is 14.8 Å². The minimum absolute atomic E-state index is 0.159. The van der Waals surface area contributed by atoms with Gasteiger partial charge in [-0.3, -0.25) is 9.10 Å². The number of carbonyl (C=O) groups is 1. The Morgan fingerprint density at radius 3 is 2.74 bits per heavy atom. The van der Waals surface area contributed by atoms with Crippen molar-refractivity contribution in [2.45, 2.75) is 31.0 Å². The Balaban J connectivity index is 2.23. The van der Waals surface area contributed by atoms with Crippen LogP contribution >= 0.6 is 11.3 Å². The Hall–Kier alpha value is -2.00. The number of sulfonamides is 1. The first-order valence-electron chi connectivity index (χ1n) is 7.03. The first-order valence-corrected chi connectivity index (χ1v) is 9.29. The van der Waals surface area contributed by atoms with Crippen molar-refractivity contribution in [1.82, 2.24) is 10.2 Å². The fraction of sp³-hybridized carbons (Fsp3) is 0.357. The minimum atomic E-state index is -3.81. The second-order valence-electron chi connectivity index (χ2n) is 4.98. The van der Waals surface area contributed by atoms with Gasteiger partial charge in [0.1, 0.15) is 0 Å². The third kappa shape index (κ3) is 4.05. The van der Waals surface area contributed by atoms with Gasteiger partial charge in [-0.15, -0.1) is 10.2 Å². The van der Waals surface area contributed by atoms with Gasteiger partial charge >= 0.3 is 0 Å². The number of aromatic nitrogens is 2. The Bertz CT molecular complexity index is 802. The molecule has 1 N–H and O–H groups in total. The normalized spacial score (nSPS) is 11.3. The van der Waals surface area contributed by atoms with E-state index in [0.29, 0.717) is 18.5 Å². The van der Waals surface area contributed by atoms with Gasteiger partial charge in [0.25, 0.3) is 14.4 Å². The van der Waals surface area contributed by atoms with Crippen molar-refractivity contribution in [3.63, 3.8) is 0 Å². The number of anilines is 2. The molecular weight excluding hydrogens is 336 g/mol. The van der Waals surface area contributed by atoms with Crippen LogP contribution in [0.4, 0.5) is 10.8 Å². The van der Waals surface area contributed by atoms with Gasteiger partial charge in [-0.25, -0.2) is 0 Å². The van der Waals surface area contributed by atoms with Crippen molar-refractivity contribution < 1.29 is 13.2 Å². The largest absolute Gasteiger partial charge is 0.301 e. The van der Waals surface area contributed by atoms with Gasteiger partial charge in [-0.05, 0) is 31.0 Å². The number of hydrogen-bond acceptors (Lipinski definition) is 6. The molecule has 1 heterocycles. The molecule has 2 rings (SSSR count). The summed E-state index contributed by atoms with van der Waals surface area (Å²) in [6.07, 6.45) is 1.05. The van der Waals surface area contributed by atoms with E-state index in [-0.39, 0.29) is 15.4 Å². The number of benzene rings is 1. The van der Waals surface area contributed by atoms with Gasteiger partial charge < -0.3 is 5.32 Å². The van der Waals surface area contributed by atoms with Crippen molar-refractivity contribution in [3.05, 3.63) is 29.8 Å². The summed E-state index contributed by atoms with van der Waals surface area (Å²) < 4.78 is 26.2. The standard InChI is InChI=1S/C14H18N4O3S2/c1-4-6-12(19)15-13-16-17-14(22-13)23(20,21)18(3)11-8-5-7-10(2)9-11/h5,7-9H,4,6H2,1-3H3,(H,15,16,19). The van der Waals surface area contributed by atoms with Crippen molar-refractivity contribution in [1.29, 1.82) is 0 Å². The van der Waals surface area contributed by atoms with Gasteiger partial charge in [-0.1, -0.05) is 30.4 Å². The summed E-state index contributed by atoms with van der Waals surface area (Å²) in [5.41, 5.74) is 1.49. The molecular formula is C14H18N4O3S2. The van der Waals surface area contributed by atoms with Gasteiger partial charge in [0.15, 0.2) is 0 Å². The van der Waals surface area contributed by atoms with E-state index < -0.39 is 10.0 Å². The molecule has 124 valence electrons. The minimum Gasteiger partial charge on any atom is -0.301 e. The molecule has 0 saturated carbocycles. The Morgan fingerprint density at radius 2 is 2.09 bits per heavy atom. The third-order valence-corrected chi connectivity index (χ3v) is 6.05. The zero-order chi connectivity index (χ0) is 17.0. The summed E-state index contributed by atoms with van der Waals surface area (Å²) in [5.74, 6) is -0.209. The summed E-state index contributed by atoms with van der Waals surface area (Å²) in [6.45, 7) is 3.77. The van der Waals surface area contributed by atoms with Gasteiger partial charge in [0, 0.05) is 13.5 Å². The number of rotatable bonds is 6. The van der Waals surface area contributed by atoms with Crippen molar-refractivity contribution in [2.24, 2.45) is 0 Å². The van der Waals surface area contributed by atoms with Crippen molar-refractivity contribution in [3.8, 4) is 0 Å². The van der Waals surface area contributed by atoms with E-state index in [1.807, 2.05) is 19.9 Å². The molecule has 0 unspecified atom stereocenters. The van der Waals surface area contributed by atoms with Crippen LogP contribution in [0.3, 0.4) is 0 Å². The molecule has 0 aliphatic rings. The number of carbonyl (C=O) groups excluding carboxylic acids is 1. The summed E-state index contributed by atoms with van der Waals surface area (Å²) in [5, 5.41) is 10.1. The smallest absolute Gasteiger partial charge is 0.293 e. The number of nitrogens with zero attached hydrogens (tertiary/aromatic N) is 3. The predicted molar refractivity (Wildman–Crippen MR) is 90.2 cm³/mol. The van der Waals surface area contributed by atoms with E-state index in [9.17, 15) is 13.2 Å². The number of nitrogens with one attached hydrogen (secondary N) is 1. The molecule has 23 heavy (non-hydrogen) atoms. The van der Waals surface area contributed by atoms with Crippen LogP contribution in [0.15, 0.2) is 28.6 Å². The zero-order valence-electron chi connectivity index (χ0n) is 13.1. The molecule has 0 radical (unpaired) electrons. The Kier molecular flexibility index (Phi) is 5.32. The fourth-order valence-electron chi connectivity index (χ4n) is 1.85. The lowest BCUT2D eigenvalue weighted by molar-refractivity contribution is -0.116. The molecule has 2 aromatic rings. The van der Waals surface area contributed by atoms with E-state index >= 15 is 0 Å². The maximum Gasteiger partial charge on any atom is 0.293 e. The molecule has 0 saturated heterocycles. The van der Waals surface area contributed by atoms with E-state index in [1.54, 1.807) is 18.2 Å². The van der Waals surface area contributed by atoms with E-state index in [0.717, 1.165) is 21.2 Å².